The first-order valence-corrected chi connectivity index (χ1v) is 11.9. The zero-order valence-corrected chi connectivity index (χ0v) is 20.3. The van der Waals surface area contributed by atoms with Gasteiger partial charge in [-0.3, -0.25) is 19.4 Å². The highest BCUT2D eigenvalue weighted by Crippen LogP contribution is 2.22. The molecule has 0 unspecified atom stereocenters. The first-order chi connectivity index (χ1) is 17.5. The Morgan fingerprint density at radius 2 is 1.83 bits per heavy atom. The van der Waals surface area contributed by atoms with Crippen LogP contribution in [0.1, 0.15) is 43.0 Å². The summed E-state index contributed by atoms with van der Waals surface area (Å²) < 4.78 is 0. The topological polar surface area (TPSA) is 138 Å². The Bertz CT molecular complexity index is 1230. The number of hydrogen-bond donors (Lipinski definition) is 4. The van der Waals surface area contributed by atoms with E-state index in [0.717, 1.165) is 22.9 Å². The van der Waals surface area contributed by atoms with Crippen LogP contribution in [0.4, 0.5) is 17.5 Å². The van der Waals surface area contributed by atoms with Crippen molar-refractivity contribution in [2.45, 2.75) is 32.6 Å². The largest absolute Gasteiger partial charge is 0.369 e. The fourth-order valence-corrected chi connectivity index (χ4v) is 3.32. The van der Waals surface area contributed by atoms with Crippen LogP contribution in [0, 0.1) is 0 Å². The van der Waals surface area contributed by atoms with Gasteiger partial charge in [0, 0.05) is 62.1 Å². The van der Waals surface area contributed by atoms with E-state index < -0.39 is 0 Å². The highest BCUT2D eigenvalue weighted by atomic mass is 16.2. The Hall–Kier alpha value is -4.34. The summed E-state index contributed by atoms with van der Waals surface area (Å²) in [6.07, 6.45) is 7.92. The maximum absolute atomic E-state index is 12.8. The summed E-state index contributed by atoms with van der Waals surface area (Å²) in [5.74, 6) is 0.139. The van der Waals surface area contributed by atoms with E-state index in [1.54, 1.807) is 12.4 Å². The molecule has 2 amide bonds. The van der Waals surface area contributed by atoms with Crippen LogP contribution < -0.4 is 21.3 Å². The van der Waals surface area contributed by atoms with Gasteiger partial charge in [-0.25, -0.2) is 4.98 Å². The molecular formula is C26H31N7O3. The average Bonchev–Trinajstić information content (AvgIpc) is 2.90. The Kier molecular flexibility index (Phi) is 9.87. The molecule has 3 rings (SSSR count). The Morgan fingerprint density at radius 1 is 1.00 bits per heavy atom. The summed E-state index contributed by atoms with van der Waals surface area (Å²) in [5.41, 5.74) is 1.16. The standard InChI is InChI=1S/C26H31N7O3/c1-3-11-29-24-22(25(36)30-13-5-12-28-23(35)9-8-21(34)4-2)17-31-26(33-24)32-20-7-6-19-16-27-14-10-18(19)15-20/h4,6-7,10,14-17H,2-3,5,8-9,11-13H2,1H3,(H,28,35)(H,30,36)(H2,29,31,32,33). The van der Waals surface area contributed by atoms with Gasteiger partial charge < -0.3 is 21.3 Å². The summed E-state index contributed by atoms with van der Waals surface area (Å²) >= 11 is 0. The van der Waals surface area contributed by atoms with E-state index in [1.807, 2.05) is 31.2 Å². The van der Waals surface area contributed by atoms with Gasteiger partial charge in [0.2, 0.25) is 11.9 Å². The first-order valence-electron chi connectivity index (χ1n) is 11.9. The Balaban J connectivity index is 1.56. The molecule has 36 heavy (non-hydrogen) atoms. The molecule has 4 N–H and O–H groups in total. The minimum Gasteiger partial charge on any atom is -0.369 e. The predicted octanol–water partition coefficient (Wildman–Crippen LogP) is 3.36. The second-order valence-corrected chi connectivity index (χ2v) is 8.08. The highest BCUT2D eigenvalue weighted by molar-refractivity contribution is 5.98. The van der Waals surface area contributed by atoms with Crippen LogP contribution in [0.25, 0.3) is 10.8 Å². The smallest absolute Gasteiger partial charge is 0.256 e. The minimum atomic E-state index is -0.304. The summed E-state index contributed by atoms with van der Waals surface area (Å²) in [7, 11) is 0. The van der Waals surface area contributed by atoms with Gasteiger partial charge in [0.05, 0.1) is 0 Å². The lowest BCUT2D eigenvalue weighted by atomic mass is 10.1. The molecule has 10 heteroatoms. The third-order valence-electron chi connectivity index (χ3n) is 5.26. The lowest BCUT2D eigenvalue weighted by Gasteiger charge is -2.13. The van der Waals surface area contributed by atoms with Crippen LogP contribution in [0.15, 0.2) is 55.5 Å². The van der Waals surface area contributed by atoms with E-state index in [9.17, 15) is 14.4 Å². The molecule has 0 aliphatic heterocycles. The molecule has 188 valence electrons. The molecule has 10 nitrogen and oxygen atoms in total. The van der Waals surface area contributed by atoms with Crippen molar-refractivity contribution in [1.29, 1.82) is 0 Å². The number of carbonyl (C=O) groups is 3. The van der Waals surface area contributed by atoms with Crippen molar-refractivity contribution in [3.63, 3.8) is 0 Å². The van der Waals surface area contributed by atoms with Crippen molar-refractivity contribution in [1.82, 2.24) is 25.6 Å². The summed E-state index contributed by atoms with van der Waals surface area (Å²) in [6.45, 7) is 6.82. The van der Waals surface area contributed by atoms with Gasteiger partial charge in [-0.05, 0) is 42.5 Å². The molecule has 0 atom stereocenters. The molecule has 0 aliphatic carbocycles. The number of carbonyl (C=O) groups excluding carboxylic acids is 3. The van der Waals surface area contributed by atoms with Crippen LogP contribution in [-0.2, 0) is 9.59 Å². The van der Waals surface area contributed by atoms with Crippen molar-refractivity contribution in [3.8, 4) is 0 Å². The van der Waals surface area contributed by atoms with Gasteiger partial charge in [0.15, 0.2) is 5.78 Å². The van der Waals surface area contributed by atoms with Crippen LogP contribution in [-0.4, -0.2) is 52.2 Å². The third-order valence-corrected chi connectivity index (χ3v) is 5.26. The number of ketones is 1. The second-order valence-electron chi connectivity index (χ2n) is 8.08. The van der Waals surface area contributed by atoms with Crippen LogP contribution in [0.5, 0.6) is 0 Å². The number of pyridine rings is 1. The predicted molar refractivity (Wildman–Crippen MR) is 140 cm³/mol. The molecule has 2 aromatic heterocycles. The van der Waals surface area contributed by atoms with Gasteiger partial charge in [0.25, 0.3) is 5.91 Å². The number of fused-ring (bicyclic) bond motifs is 1. The van der Waals surface area contributed by atoms with E-state index in [-0.39, 0.29) is 30.4 Å². The van der Waals surface area contributed by atoms with E-state index in [1.165, 1.54) is 12.3 Å². The van der Waals surface area contributed by atoms with E-state index in [4.69, 9.17) is 0 Å². The average molecular weight is 490 g/mol. The molecule has 0 saturated heterocycles. The molecule has 0 fully saturated rings. The molecule has 3 aromatic rings. The fourth-order valence-electron chi connectivity index (χ4n) is 3.32. The number of aromatic nitrogens is 3. The van der Waals surface area contributed by atoms with Gasteiger partial charge in [-0.2, -0.15) is 4.98 Å². The number of hydrogen-bond acceptors (Lipinski definition) is 8. The van der Waals surface area contributed by atoms with Crippen LogP contribution in [0.3, 0.4) is 0 Å². The zero-order valence-electron chi connectivity index (χ0n) is 20.3. The number of amides is 2. The quantitative estimate of drug-likeness (QED) is 0.200. The lowest BCUT2D eigenvalue weighted by molar-refractivity contribution is -0.123. The number of nitrogens with one attached hydrogen (secondary N) is 4. The zero-order chi connectivity index (χ0) is 25.8. The van der Waals surface area contributed by atoms with Gasteiger partial charge >= 0.3 is 0 Å². The molecule has 0 spiro atoms. The monoisotopic (exact) mass is 489 g/mol. The number of anilines is 3. The number of allylic oxidation sites excluding steroid dienone is 1. The SMILES string of the molecule is C=CC(=O)CCC(=O)NCCCNC(=O)c1cnc(Nc2ccc3cnccc3c2)nc1NCCC. The lowest BCUT2D eigenvalue weighted by Crippen LogP contribution is -2.30. The van der Waals surface area contributed by atoms with E-state index >= 15 is 0 Å². The molecule has 0 radical (unpaired) electrons. The summed E-state index contributed by atoms with van der Waals surface area (Å²) in [5, 5.41) is 14.0. The van der Waals surface area contributed by atoms with Crippen molar-refractivity contribution >= 4 is 45.8 Å². The van der Waals surface area contributed by atoms with Crippen molar-refractivity contribution < 1.29 is 14.4 Å². The number of benzene rings is 1. The van der Waals surface area contributed by atoms with Gasteiger partial charge in [0.1, 0.15) is 11.4 Å². The van der Waals surface area contributed by atoms with E-state index in [0.29, 0.717) is 43.4 Å². The van der Waals surface area contributed by atoms with Gasteiger partial charge in [-0.1, -0.05) is 19.6 Å². The number of rotatable bonds is 14. The first kappa shape index (κ1) is 26.3. The minimum absolute atomic E-state index is 0.123. The Labute approximate surface area is 210 Å². The maximum Gasteiger partial charge on any atom is 0.256 e. The highest BCUT2D eigenvalue weighted by Gasteiger charge is 2.15. The molecule has 1 aromatic carbocycles. The fraction of sp³-hybridized carbons (Fsp3) is 0.308. The van der Waals surface area contributed by atoms with Crippen LogP contribution >= 0.6 is 0 Å². The molecule has 0 bridgehead atoms. The molecular weight excluding hydrogens is 458 g/mol. The molecule has 2 heterocycles. The van der Waals surface area contributed by atoms with Crippen molar-refractivity contribution in [2.24, 2.45) is 0 Å². The summed E-state index contributed by atoms with van der Waals surface area (Å²) in [4.78, 5) is 48.7. The van der Waals surface area contributed by atoms with Gasteiger partial charge in [-0.15, -0.1) is 0 Å². The second kappa shape index (κ2) is 13.5. The van der Waals surface area contributed by atoms with Crippen molar-refractivity contribution in [3.05, 3.63) is 61.1 Å². The summed E-state index contributed by atoms with van der Waals surface area (Å²) in [6, 6.07) is 7.80. The van der Waals surface area contributed by atoms with Crippen LogP contribution in [0.2, 0.25) is 0 Å². The molecule has 0 saturated carbocycles. The van der Waals surface area contributed by atoms with Crippen molar-refractivity contribution in [2.75, 3.05) is 30.3 Å². The number of nitrogens with zero attached hydrogens (tertiary/aromatic N) is 3. The van der Waals surface area contributed by atoms with E-state index in [2.05, 4.69) is 42.8 Å². The third kappa shape index (κ3) is 7.86. The normalized spacial score (nSPS) is 10.5. The maximum atomic E-state index is 12.8. The molecule has 0 aliphatic rings. The Morgan fingerprint density at radius 3 is 2.64 bits per heavy atom.